The number of nitrogen functional groups attached to an aromatic ring is 1. The van der Waals surface area contributed by atoms with Crippen molar-refractivity contribution >= 4 is 11.8 Å². The maximum atomic E-state index is 5.51. The van der Waals surface area contributed by atoms with Gasteiger partial charge >= 0.3 is 0 Å². The molecule has 0 spiro atoms. The van der Waals surface area contributed by atoms with Gasteiger partial charge in [-0.25, -0.2) is 4.98 Å². The number of nitrogens with one attached hydrogen (secondary N) is 1. The van der Waals surface area contributed by atoms with Gasteiger partial charge in [0.05, 0.1) is 12.7 Å². The predicted molar refractivity (Wildman–Crippen MR) is 55.0 cm³/mol. The molecule has 0 aliphatic heterocycles. The summed E-state index contributed by atoms with van der Waals surface area (Å²) in [5, 5.41) is 6.66. The minimum absolute atomic E-state index is 0.259. The molecule has 6 nitrogen and oxygen atoms in total. The van der Waals surface area contributed by atoms with Crippen LogP contribution in [0, 0.1) is 6.92 Å². The van der Waals surface area contributed by atoms with Gasteiger partial charge in [0.25, 0.3) is 0 Å². The molecular weight excluding hydrogens is 194 g/mol. The van der Waals surface area contributed by atoms with E-state index in [0.29, 0.717) is 12.4 Å². The minimum Gasteiger partial charge on any atom is -0.368 e. The number of hydrogen-bond acceptors (Lipinski definition) is 6. The first kappa shape index (κ1) is 9.45. The fourth-order valence-electron chi connectivity index (χ4n) is 1.19. The summed E-state index contributed by atoms with van der Waals surface area (Å²) in [6.07, 6.45) is 1.59. The van der Waals surface area contributed by atoms with E-state index in [9.17, 15) is 0 Å². The van der Waals surface area contributed by atoms with E-state index in [1.54, 1.807) is 12.3 Å². The summed E-state index contributed by atoms with van der Waals surface area (Å²) in [7, 11) is 0. The number of anilines is 2. The molecule has 6 heteroatoms. The third kappa shape index (κ3) is 2.43. The van der Waals surface area contributed by atoms with E-state index in [4.69, 9.17) is 10.3 Å². The molecular formula is C9H11N5O. The van der Waals surface area contributed by atoms with Crippen LogP contribution in [0.25, 0.3) is 0 Å². The summed E-state index contributed by atoms with van der Waals surface area (Å²) in [6.45, 7) is 2.38. The van der Waals surface area contributed by atoms with Crippen LogP contribution in [0.3, 0.4) is 0 Å². The fourth-order valence-corrected chi connectivity index (χ4v) is 1.19. The van der Waals surface area contributed by atoms with Gasteiger partial charge in [0.15, 0.2) is 5.76 Å². The molecule has 0 amide bonds. The summed E-state index contributed by atoms with van der Waals surface area (Å²) in [4.78, 5) is 8.00. The van der Waals surface area contributed by atoms with Gasteiger partial charge in [-0.05, 0) is 6.92 Å². The van der Waals surface area contributed by atoms with Gasteiger partial charge in [-0.2, -0.15) is 4.98 Å². The summed E-state index contributed by atoms with van der Waals surface area (Å²) >= 11 is 0. The second kappa shape index (κ2) is 3.95. The quantitative estimate of drug-likeness (QED) is 0.775. The van der Waals surface area contributed by atoms with Gasteiger partial charge in [-0.1, -0.05) is 5.16 Å². The largest absolute Gasteiger partial charge is 0.368 e. The van der Waals surface area contributed by atoms with Gasteiger partial charge in [-0.3, -0.25) is 0 Å². The third-order valence-corrected chi connectivity index (χ3v) is 1.81. The van der Waals surface area contributed by atoms with Crippen molar-refractivity contribution in [1.82, 2.24) is 15.1 Å². The van der Waals surface area contributed by atoms with Crippen molar-refractivity contribution in [1.29, 1.82) is 0 Å². The van der Waals surface area contributed by atoms with Gasteiger partial charge in [-0.15, -0.1) is 0 Å². The number of nitrogens with two attached hydrogens (primary N) is 1. The Labute approximate surface area is 86.5 Å². The molecule has 0 radical (unpaired) electrons. The van der Waals surface area contributed by atoms with E-state index >= 15 is 0 Å². The standard InChI is InChI=1S/C9H11N5O/c1-6-4-8(14-9(10)13-6)11-5-7-2-3-12-15-7/h2-4H,5H2,1H3,(H3,10,11,13,14). The van der Waals surface area contributed by atoms with Crippen LogP contribution in [0.4, 0.5) is 11.8 Å². The van der Waals surface area contributed by atoms with Crippen molar-refractivity contribution in [2.24, 2.45) is 0 Å². The third-order valence-electron chi connectivity index (χ3n) is 1.81. The Morgan fingerprint density at radius 1 is 1.47 bits per heavy atom. The molecule has 0 saturated heterocycles. The van der Waals surface area contributed by atoms with Crippen LogP contribution >= 0.6 is 0 Å². The minimum atomic E-state index is 0.259. The first-order valence-corrected chi connectivity index (χ1v) is 4.48. The Morgan fingerprint density at radius 2 is 2.33 bits per heavy atom. The van der Waals surface area contributed by atoms with Crippen LogP contribution in [-0.2, 0) is 6.54 Å². The summed E-state index contributed by atoms with van der Waals surface area (Å²) in [5.74, 6) is 1.68. The molecule has 0 bridgehead atoms. The zero-order chi connectivity index (χ0) is 10.7. The maximum absolute atomic E-state index is 5.51. The monoisotopic (exact) mass is 205 g/mol. The molecule has 2 aromatic rings. The molecule has 0 atom stereocenters. The zero-order valence-corrected chi connectivity index (χ0v) is 8.27. The molecule has 0 saturated carbocycles. The van der Waals surface area contributed by atoms with Crippen LogP contribution in [0.5, 0.6) is 0 Å². The molecule has 0 unspecified atom stereocenters. The van der Waals surface area contributed by atoms with Crippen LogP contribution in [0.15, 0.2) is 22.9 Å². The van der Waals surface area contributed by atoms with Gasteiger partial charge in [0.1, 0.15) is 5.82 Å². The van der Waals surface area contributed by atoms with Crippen LogP contribution in [-0.4, -0.2) is 15.1 Å². The van der Waals surface area contributed by atoms with Crippen molar-refractivity contribution in [3.8, 4) is 0 Å². The summed E-state index contributed by atoms with van der Waals surface area (Å²) in [6, 6.07) is 3.59. The fraction of sp³-hybridized carbons (Fsp3) is 0.222. The highest BCUT2D eigenvalue weighted by Crippen LogP contribution is 2.08. The number of hydrogen-bond donors (Lipinski definition) is 2. The normalized spacial score (nSPS) is 10.2. The number of aryl methyl sites for hydroxylation is 1. The molecule has 0 aliphatic carbocycles. The second-order valence-corrected chi connectivity index (χ2v) is 3.09. The molecule has 2 aromatic heterocycles. The summed E-state index contributed by atoms with van der Waals surface area (Å²) < 4.78 is 4.93. The number of rotatable bonds is 3. The first-order chi connectivity index (χ1) is 7.24. The van der Waals surface area contributed by atoms with Gasteiger partial charge < -0.3 is 15.6 Å². The van der Waals surface area contributed by atoms with E-state index in [2.05, 4.69) is 20.4 Å². The van der Waals surface area contributed by atoms with Crippen molar-refractivity contribution < 1.29 is 4.52 Å². The maximum Gasteiger partial charge on any atom is 0.222 e. The van der Waals surface area contributed by atoms with Crippen LogP contribution in [0.1, 0.15) is 11.5 Å². The average Bonchev–Trinajstić information content (AvgIpc) is 2.65. The molecule has 0 fully saturated rings. The van der Waals surface area contributed by atoms with E-state index in [1.807, 2.05) is 13.0 Å². The topological polar surface area (TPSA) is 89.9 Å². The predicted octanol–water partition coefficient (Wildman–Crippen LogP) is 0.967. The van der Waals surface area contributed by atoms with Crippen LogP contribution < -0.4 is 11.1 Å². The molecule has 0 aromatic carbocycles. The van der Waals surface area contributed by atoms with E-state index in [0.717, 1.165) is 11.5 Å². The van der Waals surface area contributed by atoms with E-state index in [1.165, 1.54) is 0 Å². The first-order valence-electron chi connectivity index (χ1n) is 4.48. The SMILES string of the molecule is Cc1cc(NCc2ccno2)nc(N)n1. The molecule has 2 heterocycles. The molecule has 2 rings (SSSR count). The van der Waals surface area contributed by atoms with Crippen molar-refractivity contribution in [3.63, 3.8) is 0 Å². The van der Waals surface area contributed by atoms with Crippen molar-refractivity contribution in [3.05, 3.63) is 29.8 Å². The van der Waals surface area contributed by atoms with E-state index in [-0.39, 0.29) is 5.95 Å². The lowest BCUT2D eigenvalue weighted by Gasteiger charge is -2.04. The second-order valence-electron chi connectivity index (χ2n) is 3.09. The molecule has 0 aliphatic rings. The number of nitrogens with zero attached hydrogens (tertiary/aromatic N) is 3. The lowest BCUT2D eigenvalue weighted by atomic mass is 10.4. The average molecular weight is 205 g/mol. The van der Waals surface area contributed by atoms with Gasteiger partial charge in [0.2, 0.25) is 5.95 Å². The highest BCUT2D eigenvalue weighted by molar-refractivity contribution is 5.40. The van der Waals surface area contributed by atoms with Crippen molar-refractivity contribution in [2.45, 2.75) is 13.5 Å². The zero-order valence-electron chi connectivity index (χ0n) is 8.27. The summed E-state index contributed by atoms with van der Waals surface area (Å²) in [5.41, 5.74) is 6.33. The Bertz CT molecular complexity index is 420. The molecule has 15 heavy (non-hydrogen) atoms. The Morgan fingerprint density at radius 3 is 3.00 bits per heavy atom. The lowest BCUT2D eigenvalue weighted by Crippen LogP contribution is -2.04. The highest BCUT2D eigenvalue weighted by atomic mass is 16.5. The Kier molecular flexibility index (Phi) is 2.49. The van der Waals surface area contributed by atoms with Crippen molar-refractivity contribution in [2.75, 3.05) is 11.1 Å². The lowest BCUT2D eigenvalue weighted by molar-refractivity contribution is 0.388. The Balaban J connectivity index is 2.05. The smallest absolute Gasteiger partial charge is 0.222 e. The Hall–Kier alpha value is -2.11. The van der Waals surface area contributed by atoms with E-state index < -0.39 is 0 Å². The van der Waals surface area contributed by atoms with Crippen LogP contribution in [0.2, 0.25) is 0 Å². The number of aromatic nitrogens is 3. The molecule has 78 valence electrons. The highest BCUT2D eigenvalue weighted by Gasteiger charge is 2.00. The van der Waals surface area contributed by atoms with Gasteiger partial charge in [0, 0.05) is 17.8 Å². The molecule has 3 N–H and O–H groups in total.